The zero-order valence-electron chi connectivity index (χ0n) is 9.74. The first-order valence-electron chi connectivity index (χ1n) is 5.79. The molecule has 0 bridgehead atoms. The Hall–Kier alpha value is -1.91. The molecule has 0 spiro atoms. The lowest BCUT2D eigenvalue weighted by Gasteiger charge is -2.26. The number of rotatable bonds is 2. The van der Waals surface area contributed by atoms with E-state index in [9.17, 15) is 0 Å². The zero-order valence-corrected chi connectivity index (χ0v) is 9.74. The van der Waals surface area contributed by atoms with Crippen molar-refractivity contribution >= 4 is 0 Å². The Balaban J connectivity index is 1.85. The molecule has 2 aromatic rings. The minimum Gasteiger partial charge on any atom is -0.459 e. The van der Waals surface area contributed by atoms with Crippen molar-refractivity contribution in [2.24, 2.45) is 0 Å². The first-order chi connectivity index (χ1) is 8.86. The van der Waals surface area contributed by atoms with Crippen LogP contribution in [0.3, 0.4) is 0 Å². The van der Waals surface area contributed by atoms with Crippen molar-refractivity contribution < 1.29 is 14.6 Å². The van der Waals surface area contributed by atoms with Crippen LogP contribution in [0.25, 0.3) is 0 Å². The molecule has 0 saturated carbocycles. The predicted molar refractivity (Wildman–Crippen MR) is 64.8 cm³/mol. The topological polar surface area (TPSA) is 51.6 Å². The first kappa shape index (κ1) is 11.2. The van der Waals surface area contributed by atoms with Crippen molar-refractivity contribution in [2.75, 3.05) is 0 Å². The number of aliphatic hydroxyl groups is 1. The highest BCUT2D eigenvalue weighted by Gasteiger charge is 2.22. The van der Waals surface area contributed by atoms with Gasteiger partial charge in [-0.05, 0) is 12.1 Å². The molecule has 0 aliphatic carbocycles. The van der Waals surface area contributed by atoms with Crippen molar-refractivity contribution in [2.45, 2.75) is 19.5 Å². The molecule has 1 aliphatic rings. The van der Waals surface area contributed by atoms with Crippen LogP contribution in [0.15, 0.2) is 42.5 Å². The number of pyridine rings is 1. The summed E-state index contributed by atoms with van der Waals surface area (Å²) in [5.41, 5.74) is 2.34. The number of benzene rings is 1. The van der Waals surface area contributed by atoms with Crippen molar-refractivity contribution in [3.8, 4) is 5.75 Å². The van der Waals surface area contributed by atoms with E-state index in [2.05, 4.69) is 4.98 Å². The molecule has 4 nitrogen and oxygen atoms in total. The van der Waals surface area contributed by atoms with Crippen LogP contribution in [0.1, 0.15) is 23.2 Å². The van der Waals surface area contributed by atoms with E-state index in [0.29, 0.717) is 18.1 Å². The second-order valence-electron chi connectivity index (χ2n) is 4.08. The second-order valence-corrected chi connectivity index (χ2v) is 4.08. The molecule has 0 radical (unpaired) electrons. The molecule has 0 amide bonds. The molecular weight excluding hydrogens is 230 g/mol. The average Bonchev–Trinajstić information content (AvgIpc) is 2.47. The largest absolute Gasteiger partial charge is 0.459 e. The lowest BCUT2D eigenvalue weighted by Crippen LogP contribution is -2.19. The molecule has 1 atom stereocenters. The van der Waals surface area contributed by atoms with Gasteiger partial charge in [-0.3, -0.25) is 0 Å². The Morgan fingerprint density at radius 2 is 2.00 bits per heavy atom. The van der Waals surface area contributed by atoms with E-state index < -0.39 is 0 Å². The van der Waals surface area contributed by atoms with Gasteiger partial charge in [0.05, 0.1) is 18.9 Å². The van der Waals surface area contributed by atoms with Crippen LogP contribution in [0.2, 0.25) is 0 Å². The van der Waals surface area contributed by atoms with Gasteiger partial charge in [0.25, 0.3) is 0 Å². The van der Waals surface area contributed by atoms with Gasteiger partial charge in [-0.15, -0.1) is 0 Å². The number of nitrogens with zero attached hydrogens (tertiary/aromatic N) is 1. The average molecular weight is 243 g/mol. The zero-order chi connectivity index (χ0) is 12.4. The number of hydrogen-bond donors (Lipinski definition) is 1. The molecule has 1 aliphatic heterocycles. The fourth-order valence-electron chi connectivity index (χ4n) is 1.91. The SMILES string of the molecule is OCc1ccc2c(n1)COC(c1ccccc1)O2. The van der Waals surface area contributed by atoms with Gasteiger partial charge in [-0.2, -0.15) is 0 Å². The molecule has 3 rings (SSSR count). The summed E-state index contributed by atoms with van der Waals surface area (Å²) in [6, 6.07) is 13.4. The van der Waals surface area contributed by atoms with Gasteiger partial charge in [-0.1, -0.05) is 30.3 Å². The van der Waals surface area contributed by atoms with Crippen LogP contribution in [-0.4, -0.2) is 10.1 Å². The summed E-state index contributed by atoms with van der Waals surface area (Å²) >= 11 is 0. The molecule has 0 fully saturated rings. The summed E-state index contributed by atoms with van der Waals surface area (Å²) < 4.78 is 11.4. The Labute approximate surface area is 105 Å². The van der Waals surface area contributed by atoms with E-state index in [-0.39, 0.29) is 12.9 Å². The molecule has 0 saturated heterocycles. The number of hydrogen-bond acceptors (Lipinski definition) is 4. The monoisotopic (exact) mass is 243 g/mol. The van der Waals surface area contributed by atoms with Gasteiger partial charge >= 0.3 is 0 Å². The van der Waals surface area contributed by atoms with E-state index in [1.54, 1.807) is 6.07 Å². The van der Waals surface area contributed by atoms with Gasteiger partial charge in [-0.25, -0.2) is 4.98 Å². The lowest BCUT2D eigenvalue weighted by molar-refractivity contribution is -0.113. The van der Waals surface area contributed by atoms with E-state index >= 15 is 0 Å². The number of aromatic nitrogens is 1. The summed E-state index contributed by atoms with van der Waals surface area (Å²) in [7, 11) is 0. The highest BCUT2D eigenvalue weighted by Crippen LogP contribution is 2.31. The highest BCUT2D eigenvalue weighted by molar-refractivity contribution is 5.31. The van der Waals surface area contributed by atoms with Crippen LogP contribution < -0.4 is 4.74 Å². The van der Waals surface area contributed by atoms with E-state index in [1.165, 1.54) is 0 Å². The number of aliphatic hydroxyl groups excluding tert-OH is 1. The normalized spacial score (nSPS) is 17.9. The van der Waals surface area contributed by atoms with Gasteiger partial charge in [0.1, 0.15) is 11.4 Å². The molecule has 1 aromatic carbocycles. The molecule has 18 heavy (non-hydrogen) atoms. The van der Waals surface area contributed by atoms with E-state index in [0.717, 1.165) is 11.3 Å². The summed E-state index contributed by atoms with van der Waals surface area (Å²) in [5.74, 6) is 0.715. The summed E-state index contributed by atoms with van der Waals surface area (Å²) in [6.45, 7) is 0.318. The lowest BCUT2D eigenvalue weighted by atomic mass is 10.2. The van der Waals surface area contributed by atoms with Crippen molar-refractivity contribution in [3.63, 3.8) is 0 Å². The van der Waals surface area contributed by atoms with Gasteiger partial charge in [0, 0.05) is 5.56 Å². The van der Waals surface area contributed by atoms with E-state index in [4.69, 9.17) is 14.6 Å². The third-order valence-electron chi connectivity index (χ3n) is 2.83. The van der Waals surface area contributed by atoms with Gasteiger partial charge in [0.2, 0.25) is 6.29 Å². The third kappa shape index (κ3) is 2.08. The Morgan fingerprint density at radius 1 is 1.17 bits per heavy atom. The van der Waals surface area contributed by atoms with Crippen LogP contribution in [-0.2, 0) is 18.0 Å². The Bertz CT molecular complexity index is 542. The van der Waals surface area contributed by atoms with Gasteiger partial charge in [0.15, 0.2) is 0 Å². The molecule has 1 aromatic heterocycles. The molecule has 1 unspecified atom stereocenters. The van der Waals surface area contributed by atoms with Crippen molar-refractivity contribution in [1.29, 1.82) is 0 Å². The standard InChI is InChI=1S/C14H13NO3/c16-8-11-6-7-13-12(15-11)9-17-14(18-13)10-4-2-1-3-5-10/h1-7,14,16H,8-9H2. The molecule has 1 N–H and O–H groups in total. The van der Waals surface area contributed by atoms with Crippen molar-refractivity contribution in [1.82, 2.24) is 4.98 Å². The summed E-state index contributed by atoms with van der Waals surface area (Å²) in [4.78, 5) is 4.26. The fourth-order valence-corrected chi connectivity index (χ4v) is 1.91. The predicted octanol–water partition coefficient (Wildman–Crippen LogP) is 2.18. The quantitative estimate of drug-likeness (QED) is 0.878. The van der Waals surface area contributed by atoms with Gasteiger partial charge < -0.3 is 14.6 Å². The van der Waals surface area contributed by atoms with Crippen LogP contribution in [0.5, 0.6) is 5.75 Å². The fraction of sp³-hybridized carbons (Fsp3) is 0.214. The van der Waals surface area contributed by atoms with Crippen LogP contribution in [0, 0.1) is 0 Å². The minimum atomic E-state index is -0.388. The van der Waals surface area contributed by atoms with Crippen LogP contribution in [0.4, 0.5) is 0 Å². The molecule has 92 valence electrons. The molecule has 4 heteroatoms. The summed E-state index contributed by atoms with van der Waals surface area (Å²) in [6.07, 6.45) is -0.388. The molecular formula is C14H13NO3. The smallest absolute Gasteiger partial charge is 0.227 e. The maximum absolute atomic E-state index is 9.03. The first-order valence-corrected chi connectivity index (χ1v) is 5.79. The minimum absolute atomic E-state index is 0.0740. The number of fused-ring (bicyclic) bond motifs is 1. The summed E-state index contributed by atoms with van der Waals surface area (Å²) in [5, 5.41) is 9.03. The van der Waals surface area contributed by atoms with E-state index in [1.807, 2.05) is 36.4 Å². The second kappa shape index (κ2) is 4.76. The molecule has 2 heterocycles. The van der Waals surface area contributed by atoms with Crippen molar-refractivity contribution in [3.05, 3.63) is 59.4 Å². The highest BCUT2D eigenvalue weighted by atomic mass is 16.7. The maximum Gasteiger partial charge on any atom is 0.227 e. The Kier molecular flexibility index (Phi) is 2.96. The Morgan fingerprint density at radius 3 is 2.78 bits per heavy atom. The number of ether oxygens (including phenoxy) is 2. The third-order valence-corrected chi connectivity index (χ3v) is 2.83. The van der Waals surface area contributed by atoms with Crippen LogP contribution >= 0.6 is 0 Å². The maximum atomic E-state index is 9.03.